The fraction of sp³-hybridized carbons (Fsp3) is 0.429. The molecule has 0 atom stereocenters. The highest BCUT2D eigenvalue weighted by atomic mass is 32.1. The first-order valence-electron chi connectivity index (χ1n) is 6.78. The molecule has 0 aliphatic carbocycles. The Labute approximate surface area is 126 Å². The van der Waals surface area contributed by atoms with Crippen molar-refractivity contribution in [2.24, 2.45) is 0 Å². The standard InChI is InChI=1S/C14H17N3OS2/c18-13(7-10-3-6-19-9-10)17-14-16-8-12(20-14)11-1-4-15-5-2-11/h3,6,8-9,11,15H,1-2,4-5,7H2,(H,16,17,18). The molecular formula is C14H17N3OS2. The van der Waals surface area contributed by atoms with Gasteiger partial charge in [0, 0.05) is 11.1 Å². The minimum Gasteiger partial charge on any atom is -0.317 e. The first-order valence-corrected chi connectivity index (χ1v) is 8.54. The molecule has 1 saturated heterocycles. The lowest BCUT2D eigenvalue weighted by Gasteiger charge is -2.20. The Kier molecular flexibility index (Phi) is 4.44. The normalized spacial score (nSPS) is 16.2. The van der Waals surface area contributed by atoms with Crippen molar-refractivity contribution in [3.05, 3.63) is 33.5 Å². The Hall–Kier alpha value is -1.24. The number of rotatable bonds is 4. The SMILES string of the molecule is O=C(Cc1ccsc1)Nc1ncc(C2CCNCC2)s1. The van der Waals surface area contributed by atoms with Gasteiger partial charge in [0.2, 0.25) is 5.91 Å². The van der Waals surface area contributed by atoms with E-state index in [9.17, 15) is 4.79 Å². The maximum Gasteiger partial charge on any atom is 0.230 e. The second-order valence-electron chi connectivity index (χ2n) is 4.95. The molecule has 4 nitrogen and oxygen atoms in total. The van der Waals surface area contributed by atoms with Gasteiger partial charge in [-0.1, -0.05) is 0 Å². The summed E-state index contributed by atoms with van der Waals surface area (Å²) in [4.78, 5) is 17.5. The highest BCUT2D eigenvalue weighted by molar-refractivity contribution is 7.15. The van der Waals surface area contributed by atoms with Gasteiger partial charge in [0.15, 0.2) is 5.13 Å². The van der Waals surface area contributed by atoms with Gasteiger partial charge < -0.3 is 10.6 Å². The van der Waals surface area contributed by atoms with Crippen molar-refractivity contribution in [1.82, 2.24) is 10.3 Å². The third kappa shape index (κ3) is 3.45. The number of amides is 1. The van der Waals surface area contributed by atoms with Crippen molar-refractivity contribution in [3.63, 3.8) is 0 Å². The predicted octanol–water partition coefficient (Wildman–Crippen LogP) is 2.85. The summed E-state index contributed by atoms with van der Waals surface area (Å²) in [5.74, 6) is 0.603. The summed E-state index contributed by atoms with van der Waals surface area (Å²) in [5.41, 5.74) is 1.06. The number of thiophene rings is 1. The van der Waals surface area contributed by atoms with Gasteiger partial charge in [-0.05, 0) is 54.2 Å². The predicted molar refractivity (Wildman–Crippen MR) is 83.6 cm³/mol. The summed E-state index contributed by atoms with van der Waals surface area (Å²) in [6.07, 6.45) is 4.65. The van der Waals surface area contributed by atoms with Gasteiger partial charge in [-0.15, -0.1) is 11.3 Å². The van der Waals surface area contributed by atoms with Gasteiger partial charge in [0.25, 0.3) is 0 Å². The fourth-order valence-electron chi connectivity index (χ4n) is 2.38. The van der Waals surface area contributed by atoms with Crippen molar-refractivity contribution in [1.29, 1.82) is 0 Å². The van der Waals surface area contributed by atoms with E-state index in [4.69, 9.17) is 0 Å². The van der Waals surface area contributed by atoms with Gasteiger partial charge in [-0.2, -0.15) is 11.3 Å². The summed E-state index contributed by atoms with van der Waals surface area (Å²) in [7, 11) is 0. The quantitative estimate of drug-likeness (QED) is 0.913. The minimum atomic E-state index is 0.00890. The molecule has 6 heteroatoms. The molecular weight excluding hydrogens is 290 g/mol. The number of thiazole rings is 1. The lowest BCUT2D eigenvalue weighted by Crippen LogP contribution is -2.26. The molecule has 0 spiro atoms. The number of piperidine rings is 1. The van der Waals surface area contributed by atoms with E-state index in [-0.39, 0.29) is 5.91 Å². The van der Waals surface area contributed by atoms with Crippen LogP contribution in [0.15, 0.2) is 23.0 Å². The molecule has 3 rings (SSSR count). The third-order valence-corrected chi connectivity index (χ3v) is 5.26. The lowest BCUT2D eigenvalue weighted by molar-refractivity contribution is -0.115. The van der Waals surface area contributed by atoms with Crippen LogP contribution in [0, 0.1) is 0 Å². The highest BCUT2D eigenvalue weighted by Gasteiger charge is 2.18. The van der Waals surface area contributed by atoms with Gasteiger partial charge in [0.1, 0.15) is 0 Å². The molecule has 0 bridgehead atoms. The van der Waals surface area contributed by atoms with E-state index in [0.717, 1.165) is 36.6 Å². The van der Waals surface area contributed by atoms with Crippen molar-refractivity contribution in [2.45, 2.75) is 25.2 Å². The Morgan fingerprint density at radius 3 is 3.05 bits per heavy atom. The molecule has 0 aromatic carbocycles. The first-order chi connectivity index (χ1) is 9.81. The molecule has 0 saturated carbocycles. The molecule has 2 aromatic heterocycles. The Bertz CT molecular complexity index is 559. The van der Waals surface area contributed by atoms with Gasteiger partial charge in [0.05, 0.1) is 6.42 Å². The zero-order chi connectivity index (χ0) is 13.8. The van der Waals surface area contributed by atoms with Gasteiger partial charge in [-0.3, -0.25) is 4.79 Å². The van der Waals surface area contributed by atoms with Crippen molar-refractivity contribution in [3.8, 4) is 0 Å². The third-order valence-electron chi connectivity index (χ3n) is 3.46. The molecule has 1 fully saturated rings. The Morgan fingerprint density at radius 1 is 1.45 bits per heavy atom. The second-order valence-corrected chi connectivity index (χ2v) is 6.79. The number of hydrogen-bond donors (Lipinski definition) is 2. The van der Waals surface area contributed by atoms with E-state index in [0.29, 0.717) is 12.3 Å². The Morgan fingerprint density at radius 2 is 2.30 bits per heavy atom. The number of carbonyl (C=O) groups is 1. The summed E-state index contributed by atoms with van der Waals surface area (Å²) in [6.45, 7) is 2.14. The highest BCUT2D eigenvalue weighted by Crippen LogP contribution is 2.31. The van der Waals surface area contributed by atoms with Crippen molar-refractivity contribution >= 4 is 33.7 Å². The minimum absolute atomic E-state index is 0.00890. The molecule has 3 heterocycles. The van der Waals surface area contributed by atoms with E-state index in [1.165, 1.54) is 4.88 Å². The van der Waals surface area contributed by atoms with Crippen LogP contribution < -0.4 is 10.6 Å². The van der Waals surface area contributed by atoms with Crippen LogP contribution in [-0.2, 0) is 11.2 Å². The van der Waals surface area contributed by atoms with Crippen LogP contribution in [-0.4, -0.2) is 24.0 Å². The maximum atomic E-state index is 11.9. The Balaban J connectivity index is 1.57. The first kappa shape index (κ1) is 13.7. The zero-order valence-electron chi connectivity index (χ0n) is 11.1. The molecule has 1 aliphatic heterocycles. The van der Waals surface area contributed by atoms with Crippen LogP contribution in [0.5, 0.6) is 0 Å². The maximum absolute atomic E-state index is 11.9. The number of carbonyl (C=O) groups excluding carboxylic acids is 1. The summed E-state index contributed by atoms with van der Waals surface area (Å²) in [5, 5.41) is 11.0. The van der Waals surface area contributed by atoms with Crippen LogP contribution >= 0.6 is 22.7 Å². The second kappa shape index (κ2) is 6.47. The van der Waals surface area contributed by atoms with E-state index >= 15 is 0 Å². The summed E-state index contributed by atoms with van der Waals surface area (Å²) in [6, 6.07) is 1.98. The number of anilines is 1. The van der Waals surface area contributed by atoms with Gasteiger partial charge >= 0.3 is 0 Å². The van der Waals surface area contributed by atoms with Crippen LogP contribution in [0.1, 0.15) is 29.2 Å². The van der Waals surface area contributed by atoms with Gasteiger partial charge in [-0.25, -0.2) is 4.98 Å². The number of aromatic nitrogens is 1. The summed E-state index contributed by atoms with van der Waals surface area (Å²) >= 11 is 3.22. The van der Waals surface area contributed by atoms with E-state index in [1.807, 2.05) is 23.0 Å². The molecule has 2 aromatic rings. The van der Waals surface area contributed by atoms with E-state index in [1.54, 1.807) is 22.7 Å². The monoisotopic (exact) mass is 307 g/mol. The number of hydrogen-bond acceptors (Lipinski definition) is 5. The average molecular weight is 307 g/mol. The van der Waals surface area contributed by atoms with Crippen molar-refractivity contribution < 1.29 is 4.79 Å². The van der Waals surface area contributed by atoms with E-state index in [2.05, 4.69) is 15.6 Å². The zero-order valence-corrected chi connectivity index (χ0v) is 12.7. The largest absolute Gasteiger partial charge is 0.317 e. The molecule has 2 N–H and O–H groups in total. The lowest BCUT2D eigenvalue weighted by atomic mass is 9.97. The smallest absolute Gasteiger partial charge is 0.230 e. The summed E-state index contributed by atoms with van der Waals surface area (Å²) < 4.78 is 0. The van der Waals surface area contributed by atoms with Crippen LogP contribution in [0.4, 0.5) is 5.13 Å². The molecule has 106 valence electrons. The van der Waals surface area contributed by atoms with Crippen LogP contribution in [0.2, 0.25) is 0 Å². The average Bonchev–Trinajstić information content (AvgIpc) is 3.11. The number of nitrogens with zero attached hydrogens (tertiary/aromatic N) is 1. The van der Waals surface area contributed by atoms with E-state index < -0.39 is 0 Å². The fourth-order valence-corrected chi connectivity index (χ4v) is 4.05. The number of nitrogens with one attached hydrogen (secondary N) is 2. The molecule has 0 radical (unpaired) electrons. The van der Waals surface area contributed by atoms with Crippen LogP contribution in [0.25, 0.3) is 0 Å². The molecule has 1 amide bonds. The topological polar surface area (TPSA) is 54.0 Å². The molecule has 0 unspecified atom stereocenters. The van der Waals surface area contributed by atoms with Crippen LogP contribution in [0.3, 0.4) is 0 Å². The van der Waals surface area contributed by atoms with Crippen molar-refractivity contribution in [2.75, 3.05) is 18.4 Å². The molecule has 1 aliphatic rings. The molecule has 20 heavy (non-hydrogen) atoms.